The lowest BCUT2D eigenvalue weighted by molar-refractivity contribution is 0.0536. The first-order chi connectivity index (χ1) is 10.2. The average Bonchev–Trinajstić information content (AvgIpc) is 2.68. The third kappa shape index (κ3) is 2.80. The minimum absolute atomic E-state index is 0.0363. The molecule has 0 amide bonds. The minimum atomic E-state index is -0.649. The minimum Gasteiger partial charge on any atom is -0.443 e. The number of hydrogen-bond donors (Lipinski definition) is 0. The second kappa shape index (κ2) is 5.63. The number of carbonyl (C=O) groups is 1. The molecule has 0 spiro atoms. The van der Waals surface area contributed by atoms with Crippen molar-refractivity contribution in [1.82, 2.24) is 9.13 Å². The van der Waals surface area contributed by atoms with Crippen molar-refractivity contribution in [3.8, 4) is 0 Å². The Morgan fingerprint density at radius 2 is 1.91 bits per heavy atom. The van der Waals surface area contributed by atoms with E-state index in [4.69, 9.17) is 4.74 Å². The number of nitrogens with zero attached hydrogens (tertiary/aromatic N) is 2. The lowest BCUT2D eigenvalue weighted by atomic mass is 10.1. The second-order valence-corrected chi connectivity index (χ2v) is 6.70. The Bertz CT molecular complexity index is 761. The van der Waals surface area contributed by atoms with Crippen LogP contribution in [0, 0.1) is 0 Å². The van der Waals surface area contributed by atoms with E-state index in [-0.39, 0.29) is 11.7 Å². The van der Waals surface area contributed by atoms with E-state index in [2.05, 4.69) is 0 Å². The fourth-order valence-corrected chi connectivity index (χ4v) is 2.60. The van der Waals surface area contributed by atoms with Crippen molar-refractivity contribution < 1.29 is 9.53 Å². The van der Waals surface area contributed by atoms with Crippen molar-refractivity contribution >= 4 is 17.1 Å². The predicted molar refractivity (Wildman–Crippen MR) is 87.6 cm³/mol. The first-order valence-electron chi connectivity index (χ1n) is 7.65. The van der Waals surface area contributed by atoms with Crippen LogP contribution in [0.3, 0.4) is 0 Å². The van der Waals surface area contributed by atoms with Crippen LogP contribution in [0.2, 0.25) is 0 Å². The summed E-state index contributed by atoms with van der Waals surface area (Å²) in [5.74, 6) is 0. The highest BCUT2D eigenvalue weighted by Gasteiger charge is 2.25. The largest absolute Gasteiger partial charge is 0.443 e. The van der Waals surface area contributed by atoms with E-state index < -0.39 is 11.7 Å². The summed E-state index contributed by atoms with van der Waals surface area (Å²) in [7, 11) is 0. The second-order valence-electron chi connectivity index (χ2n) is 6.70. The molecule has 22 heavy (non-hydrogen) atoms. The van der Waals surface area contributed by atoms with Gasteiger partial charge in [-0.1, -0.05) is 19.1 Å². The van der Waals surface area contributed by atoms with E-state index in [0.29, 0.717) is 5.52 Å². The molecule has 0 saturated carbocycles. The zero-order valence-corrected chi connectivity index (χ0v) is 14.1. The monoisotopic (exact) mass is 304 g/mol. The maximum Gasteiger partial charge on any atom is 0.423 e. The highest BCUT2D eigenvalue weighted by molar-refractivity contribution is 5.89. The molecule has 0 aliphatic heterocycles. The first-order valence-corrected chi connectivity index (χ1v) is 7.65. The topological polar surface area (TPSA) is 53.2 Å². The summed E-state index contributed by atoms with van der Waals surface area (Å²) >= 11 is 0. The molecule has 5 nitrogen and oxygen atoms in total. The maximum absolute atomic E-state index is 12.8. The van der Waals surface area contributed by atoms with Gasteiger partial charge in [-0.15, -0.1) is 0 Å². The third-order valence-corrected chi connectivity index (χ3v) is 3.45. The summed E-state index contributed by atoms with van der Waals surface area (Å²) in [6, 6.07) is 5.69. The smallest absolute Gasteiger partial charge is 0.423 e. The van der Waals surface area contributed by atoms with Gasteiger partial charge < -0.3 is 4.74 Å². The van der Waals surface area contributed by atoms with Gasteiger partial charge in [0, 0.05) is 6.04 Å². The van der Waals surface area contributed by atoms with E-state index in [1.165, 1.54) is 4.57 Å². The number of benzene rings is 1. The normalized spacial score (nSPS) is 12.1. The Balaban J connectivity index is 2.80. The molecule has 0 saturated heterocycles. The lowest BCUT2D eigenvalue weighted by Crippen LogP contribution is -2.35. The molecular weight excluding hydrogens is 280 g/mol. The third-order valence-electron chi connectivity index (χ3n) is 3.45. The van der Waals surface area contributed by atoms with E-state index in [9.17, 15) is 9.59 Å². The number of rotatable bonds is 2. The van der Waals surface area contributed by atoms with Crippen LogP contribution in [-0.4, -0.2) is 20.8 Å². The molecule has 0 unspecified atom stereocenters. The summed E-state index contributed by atoms with van der Waals surface area (Å²) in [5.41, 5.74) is 1.38. The van der Waals surface area contributed by atoms with Gasteiger partial charge in [0.2, 0.25) is 0 Å². The molecule has 0 fully saturated rings. The fraction of sp³-hybridized carbons (Fsp3) is 0.529. The van der Waals surface area contributed by atoms with Crippen molar-refractivity contribution in [2.45, 2.75) is 59.6 Å². The number of carbonyl (C=O) groups excluding carboxylic acids is 1. The Morgan fingerprint density at radius 3 is 2.41 bits per heavy atom. The molecule has 1 heterocycles. The maximum atomic E-state index is 12.8. The molecule has 0 bridgehead atoms. The standard InChI is InChI=1S/C17H24N2O3/c1-7-12-9-8-10-13-14(12)19(15(20)18(13)11(2)3)16(21)22-17(4,5)6/h8-11H,7H2,1-6H3. The van der Waals surface area contributed by atoms with Crippen LogP contribution in [0.15, 0.2) is 23.0 Å². The molecule has 1 aromatic carbocycles. The fourth-order valence-electron chi connectivity index (χ4n) is 2.60. The zero-order valence-electron chi connectivity index (χ0n) is 14.1. The lowest BCUT2D eigenvalue weighted by Gasteiger charge is -2.19. The van der Waals surface area contributed by atoms with E-state index >= 15 is 0 Å². The number of fused-ring (bicyclic) bond motifs is 1. The molecule has 120 valence electrons. The molecule has 0 aliphatic carbocycles. The number of ether oxygens (including phenoxy) is 1. The van der Waals surface area contributed by atoms with Gasteiger partial charge in [-0.2, -0.15) is 4.57 Å². The first kappa shape index (κ1) is 16.3. The Morgan fingerprint density at radius 1 is 1.27 bits per heavy atom. The summed E-state index contributed by atoms with van der Waals surface area (Å²) in [6.45, 7) is 11.2. The van der Waals surface area contributed by atoms with Gasteiger partial charge in [0.05, 0.1) is 11.0 Å². The average molecular weight is 304 g/mol. The van der Waals surface area contributed by atoms with Gasteiger partial charge in [-0.3, -0.25) is 4.57 Å². The number of hydrogen-bond acceptors (Lipinski definition) is 3. The number of para-hydroxylation sites is 1. The van der Waals surface area contributed by atoms with Gasteiger partial charge in [0.1, 0.15) is 5.60 Å². The molecule has 5 heteroatoms. The van der Waals surface area contributed by atoms with E-state index in [1.54, 1.807) is 25.3 Å². The Kier molecular flexibility index (Phi) is 4.18. The molecule has 2 rings (SSSR count). The zero-order chi connectivity index (χ0) is 16.7. The predicted octanol–water partition coefficient (Wildman–Crippen LogP) is 3.73. The van der Waals surface area contributed by atoms with Gasteiger partial charge >= 0.3 is 11.8 Å². The highest BCUT2D eigenvalue weighted by atomic mass is 16.6. The Hall–Kier alpha value is -2.04. The molecule has 1 aromatic heterocycles. The van der Waals surface area contributed by atoms with E-state index in [1.807, 2.05) is 39.0 Å². The molecular formula is C17H24N2O3. The van der Waals surface area contributed by atoms with E-state index in [0.717, 1.165) is 17.5 Å². The van der Waals surface area contributed by atoms with Crippen molar-refractivity contribution in [1.29, 1.82) is 0 Å². The van der Waals surface area contributed by atoms with Crippen LogP contribution in [0.4, 0.5) is 4.79 Å². The number of aryl methyl sites for hydroxylation is 1. The molecule has 0 radical (unpaired) electrons. The van der Waals surface area contributed by atoms with Crippen molar-refractivity contribution in [2.75, 3.05) is 0 Å². The van der Waals surface area contributed by atoms with Gasteiger partial charge in [0.25, 0.3) is 0 Å². The quantitative estimate of drug-likeness (QED) is 0.849. The molecule has 0 N–H and O–H groups in total. The van der Waals surface area contributed by atoms with Crippen LogP contribution < -0.4 is 5.69 Å². The highest BCUT2D eigenvalue weighted by Crippen LogP contribution is 2.22. The summed E-state index contributed by atoms with van der Waals surface area (Å²) in [6.07, 6.45) is 0.115. The summed E-state index contributed by atoms with van der Waals surface area (Å²) < 4.78 is 8.22. The Labute approximate surface area is 130 Å². The molecule has 0 aliphatic rings. The van der Waals surface area contributed by atoms with Crippen LogP contribution in [0.1, 0.15) is 53.1 Å². The van der Waals surface area contributed by atoms with Crippen molar-refractivity contribution in [3.63, 3.8) is 0 Å². The molecule has 0 atom stereocenters. The van der Waals surface area contributed by atoms with Crippen molar-refractivity contribution in [2.24, 2.45) is 0 Å². The van der Waals surface area contributed by atoms with Crippen LogP contribution in [0.25, 0.3) is 11.0 Å². The van der Waals surface area contributed by atoms with Crippen LogP contribution >= 0.6 is 0 Å². The van der Waals surface area contributed by atoms with Crippen LogP contribution in [0.5, 0.6) is 0 Å². The number of aromatic nitrogens is 2. The van der Waals surface area contributed by atoms with Gasteiger partial charge in [0.15, 0.2) is 0 Å². The van der Waals surface area contributed by atoms with Gasteiger partial charge in [-0.25, -0.2) is 9.59 Å². The molecule has 2 aromatic rings. The summed E-state index contributed by atoms with van der Waals surface area (Å²) in [5, 5.41) is 0. The van der Waals surface area contributed by atoms with Crippen LogP contribution in [-0.2, 0) is 11.2 Å². The summed E-state index contributed by atoms with van der Waals surface area (Å²) in [4.78, 5) is 25.3. The number of imidazole rings is 1. The van der Waals surface area contributed by atoms with Gasteiger partial charge in [-0.05, 0) is 52.7 Å². The SMILES string of the molecule is CCc1cccc2c1n(C(=O)OC(C)(C)C)c(=O)n2C(C)C. The van der Waals surface area contributed by atoms with Crippen molar-refractivity contribution in [3.05, 3.63) is 34.2 Å².